The molecule has 0 unspecified atom stereocenters. The molecular formula is C12H9FN4S2. The molecular weight excluding hydrogens is 283 g/mol. The summed E-state index contributed by atoms with van der Waals surface area (Å²) < 4.78 is 14.2. The van der Waals surface area contributed by atoms with Gasteiger partial charge in [0.1, 0.15) is 11.6 Å². The molecule has 0 aliphatic carbocycles. The highest BCUT2D eigenvalue weighted by molar-refractivity contribution is 7.17. The van der Waals surface area contributed by atoms with Gasteiger partial charge in [0.05, 0.1) is 10.9 Å². The van der Waals surface area contributed by atoms with Crippen molar-refractivity contribution in [2.45, 2.75) is 0 Å². The Kier molecular flexibility index (Phi) is 3.14. The van der Waals surface area contributed by atoms with Gasteiger partial charge in [0.25, 0.3) is 0 Å². The zero-order valence-electron chi connectivity index (χ0n) is 9.63. The molecule has 0 bridgehead atoms. The number of nitrogens with two attached hydrogens (primary N) is 1. The predicted molar refractivity (Wildman–Crippen MR) is 79.5 cm³/mol. The molecule has 2 heterocycles. The number of nitrogen functional groups attached to an aromatic ring is 1. The van der Waals surface area contributed by atoms with Crippen LogP contribution in [0.2, 0.25) is 0 Å². The predicted octanol–water partition coefficient (Wildman–Crippen LogP) is 3.53. The lowest BCUT2D eigenvalue weighted by Gasteiger charge is -1.98. The van der Waals surface area contributed by atoms with Crippen LogP contribution < -0.4 is 11.2 Å². The van der Waals surface area contributed by atoms with Crippen LogP contribution in [-0.2, 0) is 0 Å². The number of fused-ring (bicyclic) bond motifs is 1. The number of nitrogens with zero attached hydrogens (tertiary/aromatic N) is 2. The fraction of sp³-hybridized carbons (Fsp3) is 0. The van der Waals surface area contributed by atoms with E-state index < -0.39 is 0 Å². The first kappa shape index (κ1) is 12.1. The molecule has 2 aromatic heterocycles. The van der Waals surface area contributed by atoms with E-state index in [1.54, 1.807) is 17.7 Å². The van der Waals surface area contributed by atoms with E-state index >= 15 is 0 Å². The maximum absolute atomic E-state index is 13.5. The van der Waals surface area contributed by atoms with Crippen molar-refractivity contribution in [2.75, 3.05) is 11.2 Å². The number of hydrazone groups is 1. The Balaban J connectivity index is 1.85. The summed E-state index contributed by atoms with van der Waals surface area (Å²) in [5, 5.41) is 9.15. The zero-order valence-corrected chi connectivity index (χ0v) is 11.3. The maximum atomic E-state index is 13.5. The molecule has 3 rings (SSSR count). The van der Waals surface area contributed by atoms with E-state index in [2.05, 4.69) is 15.5 Å². The van der Waals surface area contributed by atoms with Gasteiger partial charge in [0.15, 0.2) is 0 Å². The minimum absolute atomic E-state index is 0.206. The number of anilines is 2. The lowest BCUT2D eigenvalue weighted by Crippen LogP contribution is -1.92. The molecule has 0 aliphatic rings. The van der Waals surface area contributed by atoms with Gasteiger partial charge in [-0.2, -0.15) is 5.10 Å². The fourth-order valence-corrected chi connectivity index (χ4v) is 3.04. The standard InChI is InChI=1S/C12H9FN4S2/c13-9-2-1-7(8-3-4-18-11(8)9)5-15-17-12-16-10(14)6-19-12/h1-6H,14H2,(H,16,17). The first-order valence-corrected chi connectivity index (χ1v) is 7.16. The minimum Gasteiger partial charge on any atom is -0.383 e. The molecule has 0 spiro atoms. The highest BCUT2D eigenvalue weighted by Gasteiger charge is 2.05. The number of hydrogen-bond donors (Lipinski definition) is 2. The lowest BCUT2D eigenvalue weighted by molar-refractivity contribution is 0.641. The van der Waals surface area contributed by atoms with Crippen LogP contribution in [0, 0.1) is 5.82 Å². The van der Waals surface area contributed by atoms with E-state index in [-0.39, 0.29) is 5.82 Å². The molecule has 0 atom stereocenters. The van der Waals surface area contributed by atoms with Crippen LogP contribution >= 0.6 is 22.7 Å². The lowest BCUT2D eigenvalue weighted by atomic mass is 10.1. The average Bonchev–Trinajstić information content (AvgIpc) is 3.02. The molecule has 1 aromatic carbocycles. The molecule has 0 saturated carbocycles. The third-order valence-corrected chi connectivity index (χ3v) is 4.18. The molecule has 96 valence electrons. The van der Waals surface area contributed by atoms with Gasteiger partial charge < -0.3 is 5.73 Å². The van der Waals surface area contributed by atoms with E-state index in [1.165, 1.54) is 28.7 Å². The van der Waals surface area contributed by atoms with Gasteiger partial charge in [0, 0.05) is 16.3 Å². The van der Waals surface area contributed by atoms with Crippen molar-refractivity contribution in [3.8, 4) is 0 Å². The number of nitrogens with one attached hydrogen (secondary N) is 1. The summed E-state index contributed by atoms with van der Waals surface area (Å²) in [6.07, 6.45) is 1.64. The smallest absolute Gasteiger partial charge is 0.205 e. The van der Waals surface area contributed by atoms with Crippen molar-refractivity contribution in [1.82, 2.24) is 4.98 Å². The Labute approximate surface area is 116 Å². The number of thiophene rings is 1. The van der Waals surface area contributed by atoms with E-state index in [0.29, 0.717) is 15.6 Å². The minimum atomic E-state index is -0.206. The molecule has 0 fully saturated rings. The van der Waals surface area contributed by atoms with Crippen LogP contribution in [0.3, 0.4) is 0 Å². The topological polar surface area (TPSA) is 63.3 Å². The third kappa shape index (κ3) is 2.42. The van der Waals surface area contributed by atoms with Crippen LogP contribution in [-0.4, -0.2) is 11.2 Å². The quantitative estimate of drug-likeness (QED) is 0.573. The fourth-order valence-electron chi connectivity index (χ4n) is 1.66. The van der Waals surface area contributed by atoms with Crippen molar-refractivity contribution in [3.63, 3.8) is 0 Å². The monoisotopic (exact) mass is 292 g/mol. The summed E-state index contributed by atoms with van der Waals surface area (Å²) in [6, 6.07) is 5.03. The van der Waals surface area contributed by atoms with Crippen molar-refractivity contribution >= 4 is 49.9 Å². The number of rotatable bonds is 3. The van der Waals surface area contributed by atoms with Crippen molar-refractivity contribution in [2.24, 2.45) is 5.10 Å². The van der Waals surface area contributed by atoms with E-state index in [1.807, 2.05) is 11.4 Å². The van der Waals surface area contributed by atoms with Gasteiger partial charge in [-0.3, -0.25) is 5.43 Å². The van der Waals surface area contributed by atoms with Crippen LogP contribution in [0.5, 0.6) is 0 Å². The van der Waals surface area contributed by atoms with Crippen LogP contribution in [0.1, 0.15) is 5.56 Å². The van der Waals surface area contributed by atoms with Gasteiger partial charge in [-0.1, -0.05) is 0 Å². The second kappa shape index (κ2) is 4.94. The Bertz CT molecular complexity index is 747. The molecule has 0 radical (unpaired) electrons. The number of thiazole rings is 1. The Hall–Kier alpha value is -1.99. The van der Waals surface area contributed by atoms with Crippen molar-refractivity contribution < 1.29 is 4.39 Å². The average molecular weight is 292 g/mol. The molecule has 0 saturated heterocycles. The SMILES string of the molecule is Nc1csc(NN=Cc2ccc(F)c3sccc23)n1. The van der Waals surface area contributed by atoms with Gasteiger partial charge in [0.2, 0.25) is 5.13 Å². The summed E-state index contributed by atoms with van der Waals surface area (Å²) in [7, 11) is 0. The van der Waals surface area contributed by atoms with E-state index in [9.17, 15) is 4.39 Å². The summed E-state index contributed by atoms with van der Waals surface area (Å²) >= 11 is 2.75. The molecule has 7 heteroatoms. The highest BCUT2D eigenvalue weighted by atomic mass is 32.1. The Morgan fingerprint density at radius 3 is 3.00 bits per heavy atom. The van der Waals surface area contributed by atoms with Gasteiger partial charge in [-0.25, -0.2) is 9.37 Å². The number of halogens is 1. The number of aromatic nitrogens is 1. The molecule has 0 amide bonds. The molecule has 0 aliphatic heterocycles. The van der Waals surface area contributed by atoms with Crippen LogP contribution in [0.25, 0.3) is 10.1 Å². The molecule has 3 N–H and O–H groups in total. The maximum Gasteiger partial charge on any atom is 0.205 e. The van der Waals surface area contributed by atoms with Gasteiger partial charge in [-0.15, -0.1) is 22.7 Å². The second-order valence-corrected chi connectivity index (χ2v) is 5.52. The zero-order chi connectivity index (χ0) is 13.2. The van der Waals surface area contributed by atoms with Crippen molar-refractivity contribution in [1.29, 1.82) is 0 Å². The molecule has 4 nitrogen and oxygen atoms in total. The summed E-state index contributed by atoms with van der Waals surface area (Å²) in [5.41, 5.74) is 9.15. The first-order chi connectivity index (χ1) is 9.24. The van der Waals surface area contributed by atoms with Crippen LogP contribution in [0.15, 0.2) is 34.1 Å². The van der Waals surface area contributed by atoms with E-state index in [0.717, 1.165) is 10.9 Å². The molecule has 3 aromatic rings. The Morgan fingerprint density at radius 2 is 2.21 bits per heavy atom. The van der Waals surface area contributed by atoms with E-state index in [4.69, 9.17) is 5.73 Å². The molecule has 19 heavy (non-hydrogen) atoms. The van der Waals surface area contributed by atoms with Gasteiger partial charge >= 0.3 is 0 Å². The second-order valence-electron chi connectivity index (χ2n) is 3.75. The first-order valence-electron chi connectivity index (χ1n) is 5.40. The highest BCUT2D eigenvalue weighted by Crippen LogP contribution is 2.26. The van der Waals surface area contributed by atoms with Crippen molar-refractivity contribution in [3.05, 3.63) is 40.3 Å². The number of benzene rings is 1. The third-order valence-electron chi connectivity index (χ3n) is 2.49. The van der Waals surface area contributed by atoms with Gasteiger partial charge in [-0.05, 0) is 23.6 Å². The largest absolute Gasteiger partial charge is 0.383 e. The Morgan fingerprint density at radius 1 is 1.32 bits per heavy atom. The summed E-state index contributed by atoms with van der Waals surface area (Å²) in [4.78, 5) is 4.02. The normalized spacial score (nSPS) is 11.4. The summed E-state index contributed by atoms with van der Waals surface area (Å²) in [6.45, 7) is 0. The number of hydrogen-bond acceptors (Lipinski definition) is 6. The van der Waals surface area contributed by atoms with Crippen LogP contribution in [0.4, 0.5) is 15.3 Å². The summed E-state index contributed by atoms with van der Waals surface area (Å²) in [5.74, 6) is 0.257.